The molecule has 1 aromatic heterocycles. The molecule has 0 aliphatic rings. The third kappa shape index (κ3) is 3.80. The maximum absolute atomic E-state index is 13.5. The maximum atomic E-state index is 13.5. The van der Waals surface area contributed by atoms with Crippen LogP contribution in [0.15, 0.2) is 69.9 Å². The molecule has 154 valence electrons. The van der Waals surface area contributed by atoms with Gasteiger partial charge in [0.15, 0.2) is 5.43 Å². The Morgan fingerprint density at radius 1 is 1.06 bits per heavy atom. The minimum absolute atomic E-state index is 0.0725. The molecule has 0 spiro atoms. The van der Waals surface area contributed by atoms with Crippen molar-refractivity contribution in [3.63, 3.8) is 0 Å². The van der Waals surface area contributed by atoms with E-state index in [9.17, 15) is 14.4 Å². The molecule has 0 saturated carbocycles. The summed E-state index contributed by atoms with van der Waals surface area (Å²) >= 11 is 0. The first-order valence-electron chi connectivity index (χ1n) is 9.98. The van der Waals surface area contributed by atoms with Crippen molar-refractivity contribution in [2.75, 3.05) is 5.32 Å². The molecule has 0 unspecified atom stereocenters. The third-order valence-corrected chi connectivity index (χ3v) is 5.37. The second kappa shape index (κ2) is 8.08. The number of nitriles is 1. The van der Waals surface area contributed by atoms with E-state index in [0.29, 0.717) is 28.0 Å². The molecule has 1 atom stereocenters. The average Bonchev–Trinajstić information content (AvgIpc) is 2.77. The molecule has 4 rings (SSSR count). The summed E-state index contributed by atoms with van der Waals surface area (Å²) in [6.45, 7) is 5.61. The Hall–Kier alpha value is -3.91. The van der Waals surface area contributed by atoms with Crippen molar-refractivity contribution in [3.8, 4) is 17.4 Å². The zero-order valence-electron chi connectivity index (χ0n) is 17.5. The largest absolute Gasteiger partial charge is 0.455 e. The molecule has 0 fully saturated rings. The first-order valence-corrected chi connectivity index (χ1v) is 9.98. The van der Waals surface area contributed by atoms with Gasteiger partial charge < -0.3 is 9.73 Å². The van der Waals surface area contributed by atoms with Crippen LogP contribution >= 0.6 is 0 Å². The predicted octanol–water partition coefficient (Wildman–Crippen LogP) is 6.26. The average molecular weight is 412 g/mol. The molecule has 0 amide bonds. The maximum Gasteiger partial charge on any atom is 0.196 e. The smallest absolute Gasteiger partial charge is 0.196 e. The SMILES string of the molecule is Cc1cc([C@@H](C)Nc2ccc(F)cc2C#N)c2oc(-c3ccccc3)c(C)c(=O)c2c1. The van der Waals surface area contributed by atoms with E-state index >= 15 is 0 Å². The Labute approximate surface area is 179 Å². The van der Waals surface area contributed by atoms with Gasteiger partial charge in [0, 0.05) is 16.7 Å². The highest BCUT2D eigenvalue weighted by molar-refractivity contribution is 5.84. The normalized spacial score (nSPS) is 11.8. The summed E-state index contributed by atoms with van der Waals surface area (Å²) < 4.78 is 19.8. The first-order chi connectivity index (χ1) is 14.9. The van der Waals surface area contributed by atoms with Crippen LogP contribution in [0.3, 0.4) is 0 Å². The minimum atomic E-state index is -0.468. The predicted molar refractivity (Wildman–Crippen MR) is 121 cm³/mol. The van der Waals surface area contributed by atoms with E-state index in [1.54, 1.807) is 6.92 Å². The highest BCUT2D eigenvalue weighted by atomic mass is 19.1. The highest BCUT2D eigenvalue weighted by Crippen LogP contribution is 2.32. The molecule has 0 saturated heterocycles. The number of anilines is 1. The fourth-order valence-corrected chi connectivity index (χ4v) is 3.80. The lowest BCUT2D eigenvalue weighted by molar-refractivity contribution is 0.605. The molecule has 4 aromatic rings. The van der Waals surface area contributed by atoms with Crippen LogP contribution < -0.4 is 10.7 Å². The summed E-state index contributed by atoms with van der Waals surface area (Å²) in [7, 11) is 0. The Balaban J connectivity index is 1.89. The quantitative estimate of drug-likeness (QED) is 0.430. The Morgan fingerprint density at radius 3 is 2.52 bits per heavy atom. The summed E-state index contributed by atoms with van der Waals surface area (Å²) in [4.78, 5) is 13.2. The van der Waals surface area contributed by atoms with Crippen LogP contribution in [-0.2, 0) is 0 Å². The lowest BCUT2D eigenvalue weighted by atomic mass is 9.98. The van der Waals surface area contributed by atoms with Gasteiger partial charge in [-0.25, -0.2) is 4.39 Å². The summed E-state index contributed by atoms with van der Waals surface area (Å²) in [5.41, 5.74) is 4.26. The zero-order chi connectivity index (χ0) is 22.1. The molecule has 5 heteroatoms. The lowest BCUT2D eigenvalue weighted by Gasteiger charge is -2.19. The number of hydrogen-bond donors (Lipinski definition) is 1. The Morgan fingerprint density at radius 2 is 1.81 bits per heavy atom. The Bertz CT molecular complexity index is 1380. The summed E-state index contributed by atoms with van der Waals surface area (Å²) in [6.07, 6.45) is 0. The Kier molecular flexibility index (Phi) is 5.31. The molecule has 0 bridgehead atoms. The van der Waals surface area contributed by atoms with E-state index < -0.39 is 5.82 Å². The van der Waals surface area contributed by atoms with Crippen molar-refractivity contribution >= 4 is 16.7 Å². The van der Waals surface area contributed by atoms with Gasteiger partial charge in [-0.15, -0.1) is 0 Å². The van der Waals surface area contributed by atoms with Crippen LogP contribution in [-0.4, -0.2) is 0 Å². The summed E-state index contributed by atoms with van der Waals surface area (Å²) in [6, 6.07) is 19.1. The van der Waals surface area contributed by atoms with E-state index in [2.05, 4.69) is 5.32 Å². The highest BCUT2D eigenvalue weighted by Gasteiger charge is 2.19. The molecule has 3 aromatic carbocycles. The number of benzene rings is 3. The van der Waals surface area contributed by atoms with Crippen molar-refractivity contribution in [1.29, 1.82) is 5.26 Å². The fraction of sp³-hybridized carbons (Fsp3) is 0.154. The van der Waals surface area contributed by atoms with Gasteiger partial charge in [0.05, 0.1) is 22.7 Å². The number of aryl methyl sites for hydroxylation is 1. The molecular weight excluding hydrogens is 391 g/mol. The third-order valence-electron chi connectivity index (χ3n) is 5.37. The van der Waals surface area contributed by atoms with Crippen molar-refractivity contribution in [1.82, 2.24) is 0 Å². The molecule has 1 heterocycles. The number of rotatable bonds is 4. The molecule has 31 heavy (non-hydrogen) atoms. The second-order valence-corrected chi connectivity index (χ2v) is 7.65. The summed E-state index contributed by atoms with van der Waals surface area (Å²) in [5.74, 6) is 0.0691. The van der Waals surface area contributed by atoms with Gasteiger partial charge in [0.1, 0.15) is 23.2 Å². The topological polar surface area (TPSA) is 66.0 Å². The number of hydrogen-bond acceptors (Lipinski definition) is 4. The molecule has 0 aliphatic heterocycles. The molecule has 0 aliphatic carbocycles. The number of nitrogens with zero attached hydrogens (tertiary/aromatic N) is 1. The lowest BCUT2D eigenvalue weighted by Crippen LogP contribution is -2.13. The number of fused-ring (bicyclic) bond motifs is 1. The van der Waals surface area contributed by atoms with E-state index in [4.69, 9.17) is 4.42 Å². The van der Waals surface area contributed by atoms with Crippen LogP contribution in [0.4, 0.5) is 10.1 Å². The van der Waals surface area contributed by atoms with E-state index in [-0.39, 0.29) is 17.0 Å². The van der Waals surface area contributed by atoms with E-state index in [1.807, 2.05) is 62.4 Å². The van der Waals surface area contributed by atoms with Gasteiger partial charge in [-0.1, -0.05) is 36.4 Å². The van der Waals surface area contributed by atoms with Gasteiger partial charge in [0.2, 0.25) is 0 Å². The molecule has 1 N–H and O–H groups in total. The zero-order valence-corrected chi connectivity index (χ0v) is 17.5. The minimum Gasteiger partial charge on any atom is -0.455 e. The van der Waals surface area contributed by atoms with Crippen LogP contribution in [0.1, 0.15) is 35.2 Å². The second-order valence-electron chi connectivity index (χ2n) is 7.65. The molecular formula is C26H21FN2O2. The van der Waals surface area contributed by atoms with Crippen molar-refractivity contribution in [3.05, 3.63) is 99.0 Å². The van der Waals surface area contributed by atoms with Gasteiger partial charge in [-0.05, 0) is 50.6 Å². The fourth-order valence-electron chi connectivity index (χ4n) is 3.80. The van der Waals surface area contributed by atoms with Gasteiger partial charge >= 0.3 is 0 Å². The van der Waals surface area contributed by atoms with Crippen LogP contribution in [0.2, 0.25) is 0 Å². The van der Waals surface area contributed by atoms with E-state index in [0.717, 1.165) is 16.7 Å². The molecule has 0 radical (unpaired) electrons. The van der Waals surface area contributed by atoms with Gasteiger partial charge in [-0.3, -0.25) is 4.79 Å². The van der Waals surface area contributed by atoms with Crippen LogP contribution in [0.5, 0.6) is 0 Å². The van der Waals surface area contributed by atoms with Gasteiger partial charge in [0.25, 0.3) is 0 Å². The standard InChI is InChI=1S/C26H21FN2O2/c1-15-11-21(17(3)29-23-10-9-20(27)13-19(23)14-28)26-22(12-15)24(30)16(2)25(31-26)18-7-5-4-6-8-18/h4-13,17,29H,1-3H3/t17-/m1/s1. The monoisotopic (exact) mass is 412 g/mol. The number of halogens is 1. The van der Waals surface area contributed by atoms with E-state index in [1.165, 1.54) is 18.2 Å². The van der Waals surface area contributed by atoms with Crippen molar-refractivity contribution < 1.29 is 8.81 Å². The van der Waals surface area contributed by atoms with Gasteiger partial charge in [-0.2, -0.15) is 5.26 Å². The molecule has 4 nitrogen and oxygen atoms in total. The number of nitrogens with one attached hydrogen (secondary N) is 1. The first kappa shape index (κ1) is 20.4. The van der Waals surface area contributed by atoms with Crippen molar-refractivity contribution in [2.45, 2.75) is 26.8 Å². The van der Waals surface area contributed by atoms with Crippen LogP contribution in [0, 0.1) is 31.0 Å². The summed E-state index contributed by atoms with van der Waals surface area (Å²) in [5, 5.41) is 13.1. The van der Waals surface area contributed by atoms with Crippen LogP contribution in [0.25, 0.3) is 22.3 Å². The van der Waals surface area contributed by atoms with Crippen molar-refractivity contribution in [2.24, 2.45) is 0 Å².